The Morgan fingerprint density at radius 3 is 2.64 bits per heavy atom. The van der Waals surface area contributed by atoms with E-state index in [-0.39, 0.29) is 5.91 Å². The number of hydrogen-bond acceptors (Lipinski definition) is 4. The topological polar surface area (TPSA) is 59.6 Å². The Balaban J connectivity index is 1.97. The van der Waals surface area contributed by atoms with Gasteiger partial charge in [0.25, 0.3) is 0 Å². The average molecular weight is 306 g/mol. The van der Waals surface area contributed by atoms with E-state index in [0.717, 1.165) is 37.1 Å². The second-order valence-electron chi connectivity index (χ2n) is 5.90. The molecule has 5 nitrogen and oxygen atoms in total. The van der Waals surface area contributed by atoms with Crippen LogP contribution in [0.25, 0.3) is 0 Å². The van der Waals surface area contributed by atoms with Gasteiger partial charge in [0.05, 0.1) is 18.6 Å². The molecule has 0 aromatic heterocycles. The van der Waals surface area contributed by atoms with E-state index >= 15 is 0 Å². The first-order valence-corrected chi connectivity index (χ1v) is 7.75. The molecule has 0 saturated carbocycles. The van der Waals surface area contributed by atoms with Crippen LogP contribution in [0.5, 0.6) is 0 Å². The van der Waals surface area contributed by atoms with Crippen LogP contribution in [0, 0.1) is 5.41 Å². The number of benzene rings is 1. The van der Waals surface area contributed by atoms with Gasteiger partial charge < -0.3 is 20.1 Å². The standard InChI is InChI=1S/C17H26N2O3/c1-21-12-15-5-3-4-14(10-15)11-19-16(20)17(13-22-2)6-8-18-9-7-17/h3-5,10,18H,6-9,11-13H2,1-2H3,(H,19,20). The highest BCUT2D eigenvalue weighted by atomic mass is 16.5. The molecule has 1 amide bonds. The molecule has 5 heteroatoms. The van der Waals surface area contributed by atoms with E-state index in [0.29, 0.717) is 19.8 Å². The molecule has 1 aromatic carbocycles. The summed E-state index contributed by atoms with van der Waals surface area (Å²) < 4.78 is 10.4. The lowest BCUT2D eigenvalue weighted by atomic mass is 9.78. The summed E-state index contributed by atoms with van der Waals surface area (Å²) >= 11 is 0. The van der Waals surface area contributed by atoms with Gasteiger partial charge in [0.15, 0.2) is 0 Å². The SMILES string of the molecule is COCc1cccc(CNC(=O)C2(COC)CCNCC2)c1. The summed E-state index contributed by atoms with van der Waals surface area (Å²) in [6, 6.07) is 8.10. The van der Waals surface area contributed by atoms with Crippen molar-refractivity contribution in [3.8, 4) is 0 Å². The van der Waals surface area contributed by atoms with Gasteiger partial charge in [0, 0.05) is 20.8 Å². The Kier molecular flexibility index (Phi) is 6.36. The third-order valence-electron chi connectivity index (χ3n) is 4.22. The van der Waals surface area contributed by atoms with Gasteiger partial charge in [-0.3, -0.25) is 4.79 Å². The molecular weight excluding hydrogens is 280 g/mol. The molecule has 0 bridgehead atoms. The normalized spacial score (nSPS) is 17.2. The molecule has 122 valence electrons. The summed E-state index contributed by atoms with van der Waals surface area (Å²) in [5.74, 6) is 0.0907. The van der Waals surface area contributed by atoms with E-state index in [1.165, 1.54) is 0 Å². The van der Waals surface area contributed by atoms with Crippen molar-refractivity contribution in [3.63, 3.8) is 0 Å². The Morgan fingerprint density at radius 2 is 1.95 bits per heavy atom. The second kappa shape index (κ2) is 8.27. The summed E-state index contributed by atoms with van der Waals surface area (Å²) in [6.45, 7) is 3.32. The van der Waals surface area contributed by atoms with Crippen molar-refractivity contribution in [2.75, 3.05) is 33.9 Å². The molecule has 0 radical (unpaired) electrons. The first kappa shape index (κ1) is 16.9. The highest BCUT2D eigenvalue weighted by Crippen LogP contribution is 2.29. The fraction of sp³-hybridized carbons (Fsp3) is 0.588. The zero-order valence-corrected chi connectivity index (χ0v) is 13.5. The van der Waals surface area contributed by atoms with Crippen LogP contribution in [0.1, 0.15) is 24.0 Å². The van der Waals surface area contributed by atoms with Crippen LogP contribution in [-0.2, 0) is 27.4 Å². The van der Waals surface area contributed by atoms with Crippen LogP contribution < -0.4 is 10.6 Å². The third kappa shape index (κ3) is 4.29. The Hall–Kier alpha value is -1.43. The fourth-order valence-electron chi connectivity index (χ4n) is 2.98. The molecule has 0 atom stereocenters. The van der Waals surface area contributed by atoms with Gasteiger partial charge in [-0.1, -0.05) is 24.3 Å². The van der Waals surface area contributed by atoms with Gasteiger partial charge >= 0.3 is 0 Å². The molecule has 22 heavy (non-hydrogen) atoms. The summed E-state index contributed by atoms with van der Waals surface area (Å²) in [7, 11) is 3.34. The molecule has 2 N–H and O–H groups in total. The molecular formula is C17H26N2O3. The van der Waals surface area contributed by atoms with Crippen molar-refractivity contribution in [2.24, 2.45) is 5.41 Å². The zero-order chi connectivity index (χ0) is 15.8. The molecule has 1 aromatic rings. The number of carbonyl (C=O) groups is 1. The minimum absolute atomic E-state index is 0.0907. The van der Waals surface area contributed by atoms with Crippen LogP contribution in [0.15, 0.2) is 24.3 Å². The number of rotatable bonds is 7. The minimum Gasteiger partial charge on any atom is -0.384 e. The van der Waals surface area contributed by atoms with E-state index in [1.54, 1.807) is 14.2 Å². The van der Waals surface area contributed by atoms with Gasteiger partial charge in [-0.15, -0.1) is 0 Å². The number of hydrogen-bond donors (Lipinski definition) is 2. The molecule has 0 unspecified atom stereocenters. The lowest BCUT2D eigenvalue weighted by Crippen LogP contribution is -2.49. The number of piperidine rings is 1. The van der Waals surface area contributed by atoms with Gasteiger partial charge in [0.2, 0.25) is 5.91 Å². The van der Waals surface area contributed by atoms with E-state index < -0.39 is 5.41 Å². The molecule has 0 aliphatic carbocycles. The van der Waals surface area contributed by atoms with Gasteiger partial charge in [-0.2, -0.15) is 0 Å². The maximum absolute atomic E-state index is 12.7. The number of amides is 1. The van der Waals surface area contributed by atoms with Crippen LogP contribution in [-0.4, -0.2) is 39.8 Å². The fourth-order valence-corrected chi connectivity index (χ4v) is 2.98. The summed E-state index contributed by atoms with van der Waals surface area (Å²) in [6.07, 6.45) is 1.63. The molecule has 0 spiro atoms. The molecule has 2 rings (SSSR count). The Bertz CT molecular complexity index is 479. The van der Waals surface area contributed by atoms with Crippen molar-refractivity contribution < 1.29 is 14.3 Å². The molecule has 1 saturated heterocycles. The van der Waals surface area contributed by atoms with Crippen molar-refractivity contribution in [1.29, 1.82) is 0 Å². The number of carbonyl (C=O) groups excluding carboxylic acids is 1. The van der Waals surface area contributed by atoms with Gasteiger partial charge in [-0.05, 0) is 37.1 Å². The van der Waals surface area contributed by atoms with Crippen LogP contribution in [0.4, 0.5) is 0 Å². The zero-order valence-electron chi connectivity index (χ0n) is 13.5. The first-order valence-electron chi connectivity index (χ1n) is 7.75. The first-order chi connectivity index (χ1) is 10.7. The molecule has 1 aliphatic heterocycles. The Morgan fingerprint density at radius 1 is 1.23 bits per heavy atom. The van der Waals surface area contributed by atoms with Crippen molar-refractivity contribution in [1.82, 2.24) is 10.6 Å². The van der Waals surface area contributed by atoms with Crippen LogP contribution >= 0.6 is 0 Å². The third-order valence-corrected chi connectivity index (χ3v) is 4.22. The monoisotopic (exact) mass is 306 g/mol. The summed E-state index contributed by atoms with van der Waals surface area (Å²) in [5, 5.41) is 6.37. The predicted molar refractivity (Wildman–Crippen MR) is 85.4 cm³/mol. The highest BCUT2D eigenvalue weighted by Gasteiger charge is 2.39. The predicted octanol–water partition coefficient (Wildman–Crippen LogP) is 1.47. The maximum Gasteiger partial charge on any atom is 0.228 e. The number of methoxy groups -OCH3 is 2. The second-order valence-corrected chi connectivity index (χ2v) is 5.90. The smallest absolute Gasteiger partial charge is 0.228 e. The van der Waals surface area contributed by atoms with Crippen molar-refractivity contribution in [2.45, 2.75) is 26.0 Å². The molecule has 1 aliphatic rings. The quantitative estimate of drug-likeness (QED) is 0.801. The minimum atomic E-state index is -0.399. The maximum atomic E-state index is 12.7. The van der Waals surface area contributed by atoms with Crippen LogP contribution in [0.2, 0.25) is 0 Å². The largest absolute Gasteiger partial charge is 0.384 e. The van der Waals surface area contributed by atoms with Crippen molar-refractivity contribution >= 4 is 5.91 Å². The van der Waals surface area contributed by atoms with E-state index in [1.807, 2.05) is 18.2 Å². The van der Waals surface area contributed by atoms with Gasteiger partial charge in [-0.25, -0.2) is 0 Å². The molecule has 1 fully saturated rings. The van der Waals surface area contributed by atoms with E-state index in [2.05, 4.69) is 16.7 Å². The highest BCUT2D eigenvalue weighted by molar-refractivity contribution is 5.83. The lowest BCUT2D eigenvalue weighted by molar-refractivity contribution is -0.136. The Labute approximate surface area is 132 Å². The summed E-state index contributed by atoms with van der Waals surface area (Å²) in [5.41, 5.74) is 1.80. The van der Waals surface area contributed by atoms with E-state index in [4.69, 9.17) is 9.47 Å². The average Bonchev–Trinajstić information content (AvgIpc) is 2.54. The molecule has 1 heterocycles. The van der Waals surface area contributed by atoms with E-state index in [9.17, 15) is 4.79 Å². The van der Waals surface area contributed by atoms with Crippen molar-refractivity contribution in [3.05, 3.63) is 35.4 Å². The lowest BCUT2D eigenvalue weighted by Gasteiger charge is -2.35. The summed E-state index contributed by atoms with van der Waals surface area (Å²) in [4.78, 5) is 12.7. The number of nitrogens with one attached hydrogen (secondary N) is 2. The number of ether oxygens (including phenoxy) is 2. The van der Waals surface area contributed by atoms with Gasteiger partial charge in [0.1, 0.15) is 0 Å². The van der Waals surface area contributed by atoms with Crippen LogP contribution in [0.3, 0.4) is 0 Å².